The molecule has 2 aromatic rings. The average molecular weight is 303 g/mol. The number of rotatable bonds is 3. The van der Waals surface area contributed by atoms with Crippen molar-refractivity contribution in [2.24, 2.45) is 7.05 Å². The quantitative estimate of drug-likeness (QED) is 0.856. The van der Waals surface area contributed by atoms with E-state index in [2.05, 4.69) is 15.2 Å². The summed E-state index contributed by atoms with van der Waals surface area (Å²) in [4.78, 5) is 24.0. The molecule has 0 radical (unpaired) electrons. The van der Waals surface area contributed by atoms with Crippen LogP contribution in [0.25, 0.3) is 0 Å². The Morgan fingerprint density at radius 1 is 1.32 bits per heavy atom. The number of aryl methyl sites for hydroxylation is 1. The molecule has 8 heteroatoms. The number of carbonyl (C=O) groups excluding carboxylic acids is 2. The van der Waals surface area contributed by atoms with Crippen molar-refractivity contribution in [3.8, 4) is 11.5 Å². The smallest absolute Gasteiger partial charge is 0.358 e. The van der Waals surface area contributed by atoms with E-state index < -0.39 is 11.9 Å². The van der Waals surface area contributed by atoms with E-state index in [0.29, 0.717) is 17.1 Å². The predicted octanol–water partition coefficient (Wildman–Crippen LogP) is 1.19. The Morgan fingerprint density at radius 2 is 2.09 bits per heavy atom. The summed E-state index contributed by atoms with van der Waals surface area (Å²) in [7, 11) is 2.85. The molecule has 0 spiro atoms. The fourth-order valence-electron chi connectivity index (χ4n) is 2.10. The van der Waals surface area contributed by atoms with Gasteiger partial charge in [-0.3, -0.25) is 9.48 Å². The SMILES string of the molecule is COC(=O)c1c(NC(=O)c2ccc3c(c2)OCO3)cnn1C. The first kappa shape index (κ1) is 13.9. The Hall–Kier alpha value is -3.03. The lowest BCUT2D eigenvalue weighted by Crippen LogP contribution is -2.16. The van der Waals surface area contributed by atoms with Gasteiger partial charge in [-0.15, -0.1) is 0 Å². The van der Waals surface area contributed by atoms with Crippen LogP contribution in [0.1, 0.15) is 20.8 Å². The second-order valence-electron chi connectivity index (χ2n) is 4.54. The summed E-state index contributed by atoms with van der Waals surface area (Å²) >= 11 is 0. The van der Waals surface area contributed by atoms with Crippen LogP contribution in [0.4, 0.5) is 5.69 Å². The van der Waals surface area contributed by atoms with Crippen LogP contribution in [0, 0.1) is 0 Å². The molecular formula is C14H13N3O5. The summed E-state index contributed by atoms with van der Waals surface area (Å²) in [6, 6.07) is 4.84. The van der Waals surface area contributed by atoms with Gasteiger partial charge in [0.25, 0.3) is 5.91 Å². The normalized spacial score (nSPS) is 12.1. The summed E-state index contributed by atoms with van der Waals surface area (Å²) in [6.45, 7) is 0.134. The minimum Gasteiger partial charge on any atom is -0.464 e. The molecule has 0 atom stereocenters. The highest BCUT2D eigenvalue weighted by atomic mass is 16.7. The summed E-state index contributed by atoms with van der Waals surface area (Å²) in [5, 5.41) is 6.58. The second kappa shape index (κ2) is 5.40. The number of nitrogens with zero attached hydrogens (tertiary/aromatic N) is 2. The first-order valence-electron chi connectivity index (χ1n) is 6.41. The van der Waals surface area contributed by atoms with Gasteiger partial charge in [0, 0.05) is 12.6 Å². The molecule has 22 heavy (non-hydrogen) atoms. The molecule has 0 bridgehead atoms. The Morgan fingerprint density at radius 3 is 2.86 bits per heavy atom. The third-order valence-electron chi connectivity index (χ3n) is 3.20. The number of methoxy groups -OCH3 is 1. The van der Waals surface area contributed by atoms with Gasteiger partial charge < -0.3 is 19.5 Å². The number of amides is 1. The van der Waals surface area contributed by atoms with E-state index in [1.54, 1.807) is 25.2 Å². The highest BCUT2D eigenvalue weighted by Gasteiger charge is 2.21. The Bertz CT molecular complexity index is 753. The first-order valence-corrected chi connectivity index (χ1v) is 6.41. The number of ether oxygens (including phenoxy) is 3. The van der Waals surface area contributed by atoms with Gasteiger partial charge in [0.15, 0.2) is 17.2 Å². The van der Waals surface area contributed by atoms with E-state index in [1.807, 2.05) is 0 Å². The van der Waals surface area contributed by atoms with Crippen molar-refractivity contribution >= 4 is 17.6 Å². The molecule has 0 saturated carbocycles. The molecular weight excluding hydrogens is 290 g/mol. The minimum atomic E-state index is -0.582. The number of aromatic nitrogens is 2. The van der Waals surface area contributed by atoms with Crippen LogP contribution in [0.5, 0.6) is 11.5 Å². The van der Waals surface area contributed by atoms with Gasteiger partial charge in [0.1, 0.15) is 0 Å². The van der Waals surface area contributed by atoms with E-state index in [0.717, 1.165) is 0 Å². The van der Waals surface area contributed by atoms with Crippen LogP contribution < -0.4 is 14.8 Å². The van der Waals surface area contributed by atoms with Crippen LogP contribution in [0.3, 0.4) is 0 Å². The second-order valence-corrected chi connectivity index (χ2v) is 4.54. The van der Waals surface area contributed by atoms with E-state index >= 15 is 0 Å². The van der Waals surface area contributed by atoms with Crippen molar-refractivity contribution in [3.63, 3.8) is 0 Å². The number of benzene rings is 1. The molecule has 114 valence electrons. The monoisotopic (exact) mass is 303 g/mol. The number of fused-ring (bicyclic) bond motifs is 1. The zero-order valence-electron chi connectivity index (χ0n) is 12.0. The van der Waals surface area contributed by atoms with Gasteiger partial charge in [-0.05, 0) is 18.2 Å². The summed E-state index contributed by atoms with van der Waals surface area (Å²) in [5.74, 6) is 0.123. The number of carbonyl (C=O) groups is 2. The average Bonchev–Trinajstić information content (AvgIpc) is 3.12. The van der Waals surface area contributed by atoms with Crippen molar-refractivity contribution in [2.75, 3.05) is 19.2 Å². The van der Waals surface area contributed by atoms with Crippen molar-refractivity contribution in [1.82, 2.24) is 9.78 Å². The summed E-state index contributed by atoms with van der Waals surface area (Å²) in [6.07, 6.45) is 1.39. The zero-order chi connectivity index (χ0) is 15.7. The van der Waals surface area contributed by atoms with Crippen LogP contribution in [-0.4, -0.2) is 35.6 Å². The molecule has 0 saturated heterocycles. The maximum atomic E-state index is 12.3. The molecule has 1 N–H and O–H groups in total. The Balaban J connectivity index is 1.84. The van der Waals surface area contributed by atoms with Crippen LogP contribution in [0.15, 0.2) is 24.4 Å². The lowest BCUT2D eigenvalue weighted by Gasteiger charge is -2.07. The highest BCUT2D eigenvalue weighted by molar-refractivity contribution is 6.07. The van der Waals surface area contributed by atoms with Gasteiger partial charge in [0.2, 0.25) is 6.79 Å². The largest absolute Gasteiger partial charge is 0.464 e. The summed E-state index contributed by atoms with van der Waals surface area (Å²) < 4.78 is 16.4. The van der Waals surface area contributed by atoms with Crippen LogP contribution in [-0.2, 0) is 11.8 Å². The number of nitrogens with one attached hydrogen (secondary N) is 1. The van der Waals surface area contributed by atoms with Gasteiger partial charge >= 0.3 is 5.97 Å². The predicted molar refractivity (Wildman–Crippen MR) is 75.1 cm³/mol. The fourth-order valence-corrected chi connectivity index (χ4v) is 2.10. The van der Waals surface area contributed by atoms with Gasteiger partial charge in [0.05, 0.1) is 19.0 Å². The molecule has 0 unspecified atom stereocenters. The minimum absolute atomic E-state index is 0.134. The van der Waals surface area contributed by atoms with Crippen molar-refractivity contribution < 1.29 is 23.8 Å². The van der Waals surface area contributed by atoms with E-state index in [1.165, 1.54) is 18.0 Å². The third kappa shape index (κ3) is 2.34. The van der Waals surface area contributed by atoms with Crippen LogP contribution >= 0.6 is 0 Å². The van der Waals surface area contributed by atoms with Gasteiger partial charge in [-0.2, -0.15) is 5.10 Å². The highest BCUT2D eigenvalue weighted by Crippen LogP contribution is 2.32. The molecule has 8 nitrogen and oxygen atoms in total. The number of esters is 1. The molecule has 1 aromatic carbocycles. The number of hydrogen-bond acceptors (Lipinski definition) is 6. The molecule has 0 fully saturated rings. The van der Waals surface area contributed by atoms with E-state index in [9.17, 15) is 9.59 Å². The first-order chi connectivity index (χ1) is 10.6. The van der Waals surface area contributed by atoms with Gasteiger partial charge in [-0.25, -0.2) is 4.79 Å². The van der Waals surface area contributed by atoms with Crippen molar-refractivity contribution in [2.45, 2.75) is 0 Å². The lowest BCUT2D eigenvalue weighted by atomic mass is 10.2. The molecule has 1 aliphatic heterocycles. The van der Waals surface area contributed by atoms with Crippen molar-refractivity contribution in [1.29, 1.82) is 0 Å². The van der Waals surface area contributed by atoms with Crippen LogP contribution in [0.2, 0.25) is 0 Å². The molecule has 0 aliphatic carbocycles. The maximum absolute atomic E-state index is 12.3. The van der Waals surface area contributed by atoms with E-state index in [-0.39, 0.29) is 18.2 Å². The van der Waals surface area contributed by atoms with Gasteiger partial charge in [-0.1, -0.05) is 0 Å². The standard InChI is InChI=1S/C14H13N3O5/c1-17-12(14(19)20-2)9(6-15-17)16-13(18)8-3-4-10-11(5-8)22-7-21-10/h3-6H,7H2,1-2H3,(H,16,18). The summed E-state index contributed by atoms with van der Waals surface area (Å²) in [5.41, 5.74) is 0.817. The fraction of sp³-hybridized carbons (Fsp3) is 0.214. The molecule has 1 aliphatic rings. The molecule has 1 amide bonds. The van der Waals surface area contributed by atoms with Crippen molar-refractivity contribution in [3.05, 3.63) is 35.7 Å². The Labute approximate surface area is 125 Å². The number of hydrogen-bond donors (Lipinski definition) is 1. The lowest BCUT2D eigenvalue weighted by molar-refractivity contribution is 0.0589. The third-order valence-corrected chi connectivity index (χ3v) is 3.20. The zero-order valence-corrected chi connectivity index (χ0v) is 12.0. The topological polar surface area (TPSA) is 91.7 Å². The molecule has 1 aromatic heterocycles. The molecule has 3 rings (SSSR count). The van der Waals surface area contributed by atoms with E-state index in [4.69, 9.17) is 9.47 Å². The number of anilines is 1. The maximum Gasteiger partial charge on any atom is 0.358 e. The Kier molecular flexibility index (Phi) is 3.42. The molecule has 2 heterocycles.